The van der Waals surface area contributed by atoms with E-state index in [2.05, 4.69) is 31.3 Å². The van der Waals surface area contributed by atoms with Crippen LogP contribution in [0.1, 0.15) is 35.8 Å². The Hall–Kier alpha value is -3.28. The standard InChI is InChI=1S/C25H29N3O3/c1-16-7-5-9-18(11-16)26-20-13-22(25(29)28-10-6-8-17(2)15-28)27-21-14-24(31-4)23(30-3)12-19(20)21/h5,7,9,11-14,17H,6,8,10,15H2,1-4H3,(H,26,27)/t17-/m1/s1. The van der Waals surface area contributed by atoms with Gasteiger partial charge in [-0.1, -0.05) is 19.1 Å². The van der Waals surface area contributed by atoms with Gasteiger partial charge in [0.15, 0.2) is 11.5 Å². The van der Waals surface area contributed by atoms with Gasteiger partial charge >= 0.3 is 0 Å². The molecule has 31 heavy (non-hydrogen) atoms. The number of methoxy groups -OCH3 is 2. The first-order valence-electron chi connectivity index (χ1n) is 10.7. The van der Waals surface area contributed by atoms with Gasteiger partial charge in [0.05, 0.1) is 25.4 Å². The number of likely N-dealkylation sites (tertiary alicyclic amines) is 1. The van der Waals surface area contributed by atoms with E-state index in [0.717, 1.165) is 48.3 Å². The third-order valence-corrected chi connectivity index (χ3v) is 5.77. The fourth-order valence-electron chi connectivity index (χ4n) is 4.18. The maximum absolute atomic E-state index is 13.3. The van der Waals surface area contributed by atoms with Crippen LogP contribution in [0.25, 0.3) is 10.9 Å². The lowest BCUT2D eigenvalue weighted by molar-refractivity contribution is 0.0677. The topological polar surface area (TPSA) is 63.7 Å². The summed E-state index contributed by atoms with van der Waals surface area (Å²) in [5.41, 5.74) is 4.03. The maximum atomic E-state index is 13.3. The minimum Gasteiger partial charge on any atom is -0.493 e. The predicted octanol–water partition coefficient (Wildman–Crippen LogP) is 5.18. The summed E-state index contributed by atoms with van der Waals surface area (Å²) in [6.45, 7) is 5.78. The van der Waals surface area contributed by atoms with E-state index in [4.69, 9.17) is 14.5 Å². The van der Waals surface area contributed by atoms with E-state index in [1.54, 1.807) is 14.2 Å². The summed E-state index contributed by atoms with van der Waals surface area (Å²) in [7, 11) is 3.21. The van der Waals surface area contributed by atoms with Crippen LogP contribution in [0, 0.1) is 12.8 Å². The summed E-state index contributed by atoms with van der Waals surface area (Å²) in [5, 5.41) is 4.34. The summed E-state index contributed by atoms with van der Waals surface area (Å²) >= 11 is 0. The molecule has 0 aliphatic carbocycles. The van der Waals surface area contributed by atoms with E-state index in [9.17, 15) is 4.79 Å². The van der Waals surface area contributed by atoms with Crippen LogP contribution in [0.5, 0.6) is 11.5 Å². The van der Waals surface area contributed by atoms with E-state index in [0.29, 0.717) is 28.6 Å². The van der Waals surface area contributed by atoms with Gasteiger partial charge in [-0.15, -0.1) is 0 Å². The molecule has 1 saturated heterocycles. The van der Waals surface area contributed by atoms with Crippen molar-refractivity contribution in [3.63, 3.8) is 0 Å². The smallest absolute Gasteiger partial charge is 0.272 e. The molecule has 4 rings (SSSR count). The van der Waals surface area contributed by atoms with Crippen LogP contribution in [0.4, 0.5) is 11.4 Å². The fourth-order valence-corrected chi connectivity index (χ4v) is 4.18. The van der Waals surface area contributed by atoms with Gasteiger partial charge < -0.3 is 19.7 Å². The summed E-state index contributed by atoms with van der Waals surface area (Å²) in [4.78, 5) is 19.9. The van der Waals surface area contributed by atoms with Crippen LogP contribution < -0.4 is 14.8 Å². The number of nitrogens with zero attached hydrogens (tertiary/aromatic N) is 2. The number of ether oxygens (including phenoxy) is 2. The number of anilines is 2. The molecule has 162 valence electrons. The van der Waals surface area contributed by atoms with Crippen LogP contribution in [0.2, 0.25) is 0 Å². The second-order valence-electron chi connectivity index (χ2n) is 8.27. The lowest BCUT2D eigenvalue weighted by Gasteiger charge is -2.30. The Bertz CT molecular complexity index is 1110. The molecule has 0 radical (unpaired) electrons. The van der Waals surface area contributed by atoms with Gasteiger partial charge in [-0.25, -0.2) is 4.98 Å². The Kier molecular flexibility index (Phi) is 5.98. The van der Waals surface area contributed by atoms with E-state index < -0.39 is 0 Å². The van der Waals surface area contributed by atoms with Crippen molar-refractivity contribution in [2.75, 3.05) is 32.6 Å². The molecule has 3 aromatic rings. The van der Waals surface area contributed by atoms with Crippen molar-refractivity contribution in [1.82, 2.24) is 9.88 Å². The Balaban J connectivity index is 1.82. The number of fused-ring (bicyclic) bond motifs is 1. The van der Waals surface area contributed by atoms with Gasteiger partial charge in [0.1, 0.15) is 5.69 Å². The third-order valence-electron chi connectivity index (χ3n) is 5.77. The molecule has 1 amide bonds. The van der Waals surface area contributed by atoms with Crippen molar-refractivity contribution in [2.24, 2.45) is 5.92 Å². The number of aryl methyl sites for hydroxylation is 1. The van der Waals surface area contributed by atoms with Crippen LogP contribution in [-0.2, 0) is 0 Å². The molecule has 1 fully saturated rings. The van der Waals surface area contributed by atoms with E-state index in [-0.39, 0.29) is 5.91 Å². The average molecular weight is 420 g/mol. The third kappa shape index (κ3) is 4.43. The van der Waals surface area contributed by atoms with E-state index >= 15 is 0 Å². The van der Waals surface area contributed by atoms with Crippen molar-refractivity contribution in [2.45, 2.75) is 26.7 Å². The zero-order chi connectivity index (χ0) is 22.0. The molecule has 0 unspecified atom stereocenters. The second kappa shape index (κ2) is 8.84. The van der Waals surface area contributed by atoms with Crippen LogP contribution in [0.15, 0.2) is 42.5 Å². The molecule has 1 aliphatic heterocycles. The van der Waals surface area contributed by atoms with Crippen molar-refractivity contribution in [3.8, 4) is 11.5 Å². The van der Waals surface area contributed by atoms with Crippen LogP contribution >= 0.6 is 0 Å². The number of carbonyl (C=O) groups is 1. The molecular weight excluding hydrogens is 390 g/mol. The molecular formula is C25H29N3O3. The molecule has 1 N–H and O–H groups in total. The molecule has 1 aliphatic rings. The number of nitrogens with one attached hydrogen (secondary N) is 1. The summed E-state index contributed by atoms with van der Waals surface area (Å²) < 4.78 is 11.0. The number of amides is 1. The van der Waals surface area contributed by atoms with Gasteiger partial charge in [0, 0.05) is 30.2 Å². The monoisotopic (exact) mass is 419 g/mol. The highest BCUT2D eigenvalue weighted by atomic mass is 16.5. The number of pyridine rings is 1. The Labute approximate surface area is 183 Å². The highest BCUT2D eigenvalue weighted by Crippen LogP contribution is 2.36. The SMILES string of the molecule is COc1cc2nc(C(=O)N3CCC[C@@H](C)C3)cc(Nc3cccc(C)c3)c2cc1OC. The molecule has 6 heteroatoms. The van der Waals surface area contributed by atoms with E-state index in [1.807, 2.05) is 35.2 Å². The number of hydrogen-bond donors (Lipinski definition) is 1. The lowest BCUT2D eigenvalue weighted by atomic mass is 10.00. The highest BCUT2D eigenvalue weighted by Gasteiger charge is 2.24. The largest absolute Gasteiger partial charge is 0.493 e. The maximum Gasteiger partial charge on any atom is 0.272 e. The first-order chi connectivity index (χ1) is 15.0. The van der Waals surface area contributed by atoms with Gasteiger partial charge in [0.25, 0.3) is 5.91 Å². The van der Waals surface area contributed by atoms with Crippen LogP contribution in [-0.4, -0.2) is 43.1 Å². The summed E-state index contributed by atoms with van der Waals surface area (Å²) in [6, 6.07) is 13.7. The predicted molar refractivity (Wildman–Crippen MR) is 124 cm³/mol. The van der Waals surface area contributed by atoms with Gasteiger partial charge in [0.2, 0.25) is 0 Å². The summed E-state index contributed by atoms with van der Waals surface area (Å²) in [6.07, 6.45) is 2.19. The van der Waals surface area contributed by atoms with Crippen molar-refractivity contribution in [3.05, 3.63) is 53.7 Å². The second-order valence-corrected chi connectivity index (χ2v) is 8.27. The highest BCUT2D eigenvalue weighted by molar-refractivity contribution is 6.01. The number of benzene rings is 2. The number of piperidine rings is 1. The molecule has 2 heterocycles. The zero-order valence-electron chi connectivity index (χ0n) is 18.6. The molecule has 0 saturated carbocycles. The Morgan fingerprint density at radius 3 is 2.61 bits per heavy atom. The molecule has 6 nitrogen and oxygen atoms in total. The van der Waals surface area contributed by atoms with Crippen LogP contribution in [0.3, 0.4) is 0 Å². The number of hydrogen-bond acceptors (Lipinski definition) is 5. The molecule has 1 aromatic heterocycles. The zero-order valence-corrected chi connectivity index (χ0v) is 18.6. The quantitative estimate of drug-likeness (QED) is 0.618. The average Bonchev–Trinajstić information content (AvgIpc) is 2.77. The van der Waals surface area contributed by atoms with Crippen molar-refractivity contribution >= 4 is 28.2 Å². The Morgan fingerprint density at radius 1 is 1.13 bits per heavy atom. The normalized spacial score (nSPS) is 16.3. The number of rotatable bonds is 5. The summed E-state index contributed by atoms with van der Waals surface area (Å²) in [5.74, 6) is 1.68. The minimum atomic E-state index is -0.0319. The molecule has 1 atom stereocenters. The van der Waals surface area contributed by atoms with Gasteiger partial charge in [-0.3, -0.25) is 4.79 Å². The molecule has 0 spiro atoms. The first-order valence-corrected chi connectivity index (χ1v) is 10.7. The lowest BCUT2D eigenvalue weighted by Crippen LogP contribution is -2.39. The minimum absolute atomic E-state index is 0.0319. The van der Waals surface area contributed by atoms with Crippen molar-refractivity contribution < 1.29 is 14.3 Å². The van der Waals surface area contributed by atoms with Gasteiger partial charge in [-0.2, -0.15) is 0 Å². The van der Waals surface area contributed by atoms with Crippen molar-refractivity contribution in [1.29, 1.82) is 0 Å². The fraction of sp³-hybridized carbons (Fsp3) is 0.360. The molecule has 2 aromatic carbocycles. The van der Waals surface area contributed by atoms with E-state index in [1.165, 1.54) is 0 Å². The van der Waals surface area contributed by atoms with Gasteiger partial charge in [-0.05, 0) is 55.5 Å². The Morgan fingerprint density at radius 2 is 1.90 bits per heavy atom. The number of carbonyl (C=O) groups excluding carboxylic acids is 1. The first kappa shape index (κ1) is 21.0. The molecule has 0 bridgehead atoms. The number of aromatic nitrogens is 1.